The number of amides is 4. The van der Waals surface area contributed by atoms with Crippen LogP contribution < -0.4 is 21.3 Å². The number of carboxylic acids is 3. The number of hydrogen-bond donors (Lipinski definition) is 7. The number of ketones is 1. The van der Waals surface area contributed by atoms with Gasteiger partial charge in [0, 0.05) is 18.9 Å². The van der Waals surface area contributed by atoms with Crippen molar-refractivity contribution in [3.63, 3.8) is 0 Å². The number of aliphatic carboxylic acids is 3. The topological polar surface area (TPSA) is 284 Å². The molecule has 0 bridgehead atoms. The number of Topliss-reactive ketones (excluding diaryl/α,β-unsaturated/α-hetero) is 1. The maximum Gasteiger partial charge on any atom is 0.305 e. The Hall–Kier alpha value is -5.68. The Morgan fingerprint density at radius 3 is 1.83 bits per heavy atom. The van der Waals surface area contributed by atoms with E-state index in [2.05, 4.69) is 31.5 Å². The van der Waals surface area contributed by atoms with Gasteiger partial charge in [-0.05, 0) is 24.5 Å². The quantitative estimate of drug-likeness (QED) is 0.0991. The summed E-state index contributed by atoms with van der Waals surface area (Å²) in [4.78, 5) is 97.9. The Morgan fingerprint density at radius 2 is 1.28 bits per heavy atom. The van der Waals surface area contributed by atoms with Gasteiger partial charge in [0.1, 0.15) is 24.2 Å². The predicted octanol–water partition coefficient (Wildman–Crippen LogP) is -0.651. The monoisotopic (exact) mass is 646 g/mol. The highest BCUT2D eigenvalue weighted by molar-refractivity contribution is 6.02. The van der Waals surface area contributed by atoms with Crippen LogP contribution in [0.1, 0.15) is 57.1 Å². The first-order valence-electron chi connectivity index (χ1n) is 13.9. The minimum Gasteiger partial charge on any atom is -0.481 e. The lowest BCUT2D eigenvalue weighted by atomic mass is 10.0. The maximum atomic E-state index is 13.3. The summed E-state index contributed by atoms with van der Waals surface area (Å²) in [6.45, 7) is 4.08. The molecular weight excluding hydrogens is 612 g/mol. The van der Waals surface area contributed by atoms with Crippen LogP contribution in [0.5, 0.6) is 0 Å². The van der Waals surface area contributed by atoms with E-state index in [0.29, 0.717) is 5.56 Å². The van der Waals surface area contributed by atoms with Crippen molar-refractivity contribution in [3.8, 4) is 11.5 Å². The summed E-state index contributed by atoms with van der Waals surface area (Å²) in [5, 5.41) is 44.1. The lowest BCUT2D eigenvalue weighted by Crippen LogP contribution is -2.59. The van der Waals surface area contributed by atoms with E-state index < -0.39 is 109 Å². The van der Waals surface area contributed by atoms with E-state index >= 15 is 0 Å². The highest BCUT2D eigenvalue weighted by Gasteiger charge is 2.35. The van der Waals surface area contributed by atoms with E-state index in [0.717, 1.165) is 6.92 Å². The zero-order chi connectivity index (χ0) is 34.6. The van der Waals surface area contributed by atoms with Gasteiger partial charge in [-0.25, -0.2) is 0 Å². The first-order valence-corrected chi connectivity index (χ1v) is 13.9. The van der Waals surface area contributed by atoms with Crippen molar-refractivity contribution in [1.82, 2.24) is 31.5 Å². The van der Waals surface area contributed by atoms with E-state index in [-0.39, 0.29) is 5.89 Å². The summed E-state index contributed by atoms with van der Waals surface area (Å²) < 4.78 is 5.38. The zero-order valence-electron chi connectivity index (χ0n) is 25.0. The van der Waals surface area contributed by atoms with Gasteiger partial charge in [-0.1, -0.05) is 32.0 Å². The first kappa shape index (κ1) is 36.5. The smallest absolute Gasteiger partial charge is 0.305 e. The van der Waals surface area contributed by atoms with Gasteiger partial charge in [0.2, 0.25) is 35.3 Å². The molecular formula is C28H34N6O12. The van der Waals surface area contributed by atoms with Gasteiger partial charge in [0.25, 0.3) is 5.89 Å². The molecule has 18 nitrogen and oxygen atoms in total. The maximum absolute atomic E-state index is 13.3. The fraction of sp³-hybridized carbons (Fsp3) is 0.429. The third kappa shape index (κ3) is 11.4. The normalized spacial score (nSPS) is 13.4. The van der Waals surface area contributed by atoms with Crippen LogP contribution in [0.25, 0.3) is 11.5 Å². The average molecular weight is 647 g/mol. The van der Waals surface area contributed by atoms with Crippen LogP contribution in [0, 0.1) is 5.92 Å². The molecule has 1 aromatic heterocycles. The molecule has 7 N–H and O–H groups in total. The van der Waals surface area contributed by atoms with Gasteiger partial charge in [-0.2, -0.15) is 0 Å². The second-order valence-corrected chi connectivity index (χ2v) is 10.4. The van der Waals surface area contributed by atoms with Crippen LogP contribution in [-0.2, 0) is 33.6 Å². The molecule has 0 unspecified atom stereocenters. The molecule has 1 aromatic carbocycles. The molecule has 46 heavy (non-hydrogen) atoms. The van der Waals surface area contributed by atoms with Crippen molar-refractivity contribution in [3.05, 3.63) is 36.2 Å². The van der Waals surface area contributed by atoms with Crippen LogP contribution in [0.3, 0.4) is 0 Å². The molecule has 4 atom stereocenters. The molecule has 0 radical (unpaired) electrons. The average Bonchev–Trinajstić information content (AvgIpc) is 3.46. The van der Waals surface area contributed by atoms with Crippen LogP contribution in [0.15, 0.2) is 34.7 Å². The third-order valence-electron chi connectivity index (χ3n) is 6.27. The van der Waals surface area contributed by atoms with Gasteiger partial charge < -0.3 is 41.0 Å². The molecule has 0 spiro atoms. The fourth-order valence-corrected chi connectivity index (χ4v) is 4.04. The van der Waals surface area contributed by atoms with Crippen molar-refractivity contribution >= 4 is 47.3 Å². The number of carboxylic acid groups (broad SMARTS) is 3. The van der Waals surface area contributed by atoms with Crippen LogP contribution >= 0.6 is 0 Å². The molecule has 0 aliphatic heterocycles. The molecule has 0 aliphatic rings. The Morgan fingerprint density at radius 1 is 0.717 bits per heavy atom. The van der Waals surface area contributed by atoms with Crippen molar-refractivity contribution in [1.29, 1.82) is 0 Å². The Bertz CT molecular complexity index is 1440. The van der Waals surface area contributed by atoms with Crippen LogP contribution in [0.2, 0.25) is 0 Å². The van der Waals surface area contributed by atoms with Crippen molar-refractivity contribution < 1.29 is 58.1 Å². The molecule has 4 amide bonds. The van der Waals surface area contributed by atoms with E-state index in [4.69, 9.17) is 9.52 Å². The summed E-state index contributed by atoms with van der Waals surface area (Å²) in [5.74, 6) is -10.5. The molecule has 0 saturated carbocycles. The molecule has 0 aliphatic carbocycles. The highest BCUT2D eigenvalue weighted by Crippen LogP contribution is 2.18. The summed E-state index contributed by atoms with van der Waals surface area (Å²) in [6.07, 6.45) is -2.88. The van der Waals surface area contributed by atoms with Crippen LogP contribution in [0.4, 0.5) is 0 Å². The number of hydrogen-bond acceptors (Lipinski definition) is 11. The van der Waals surface area contributed by atoms with Crippen molar-refractivity contribution in [2.45, 2.75) is 70.6 Å². The predicted molar refractivity (Wildman–Crippen MR) is 154 cm³/mol. The summed E-state index contributed by atoms with van der Waals surface area (Å²) in [5.41, 5.74) is 0.461. The summed E-state index contributed by atoms with van der Waals surface area (Å²) in [7, 11) is 0. The second-order valence-electron chi connectivity index (χ2n) is 10.4. The molecule has 1 heterocycles. The van der Waals surface area contributed by atoms with Gasteiger partial charge >= 0.3 is 17.9 Å². The lowest BCUT2D eigenvalue weighted by molar-refractivity contribution is -0.141. The van der Waals surface area contributed by atoms with Crippen LogP contribution in [-0.4, -0.2) is 97.0 Å². The highest BCUT2D eigenvalue weighted by atomic mass is 16.4. The number of carbonyl (C=O) groups excluding carboxylic acids is 5. The van der Waals surface area contributed by atoms with Crippen molar-refractivity contribution in [2.75, 3.05) is 0 Å². The number of nitrogens with one attached hydrogen (secondary N) is 4. The number of carbonyl (C=O) groups is 8. The largest absolute Gasteiger partial charge is 0.481 e. The van der Waals surface area contributed by atoms with Gasteiger partial charge in [0.15, 0.2) is 0 Å². The zero-order valence-corrected chi connectivity index (χ0v) is 25.0. The van der Waals surface area contributed by atoms with E-state index in [1.165, 1.54) is 13.8 Å². The fourth-order valence-electron chi connectivity index (χ4n) is 4.04. The van der Waals surface area contributed by atoms with E-state index in [1.54, 1.807) is 30.3 Å². The molecule has 248 valence electrons. The number of benzene rings is 1. The molecule has 0 saturated heterocycles. The van der Waals surface area contributed by atoms with Crippen molar-refractivity contribution in [2.24, 2.45) is 5.92 Å². The number of rotatable bonds is 18. The number of nitrogens with zero attached hydrogens (tertiary/aromatic N) is 2. The molecule has 2 rings (SSSR count). The molecule has 2 aromatic rings. The molecule has 0 fully saturated rings. The Balaban J connectivity index is 2.28. The van der Waals surface area contributed by atoms with Gasteiger partial charge in [0.05, 0.1) is 12.8 Å². The number of aromatic nitrogens is 2. The van der Waals surface area contributed by atoms with E-state index in [9.17, 15) is 48.6 Å². The first-order chi connectivity index (χ1) is 21.6. The third-order valence-corrected chi connectivity index (χ3v) is 6.27. The lowest BCUT2D eigenvalue weighted by Gasteiger charge is -2.27. The summed E-state index contributed by atoms with van der Waals surface area (Å²) in [6, 6.07) is 1.96. The standard InChI is InChI=1S/C28H34N6O12/c1-13(2)22(32-25(44)18(12-21(40)41)29-14(3)35)26(45)30-16(9-10-19(36)37)24(43)31-17(11-20(38)39)23(42)28-34-33-27(46-28)15-7-5-4-6-8-15/h4-8,13,16-18,22H,9-12H2,1-3H3,(H,29,35)(H,30,45)(H,31,43)(H,32,44)(H,36,37)(H,38,39)(H,40,41)/t16-,17-,18-,22-/m0/s1. The second kappa shape index (κ2) is 17.0. The SMILES string of the molecule is CC(=O)N[C@@H](CC(=O)O)C(=O)N[C@H](C(=O)N[C@@H](CCC(=O)O)C(=O)N[C@@H](CC(=O)O)C(=O)c1nnc(-c2ccccc2)o1)C(C)C. The minimum atomic E-state index is -1.77. The van der Waals surface area contributed by atoms with E-state index in [1.807, 2.05) is 0 Å². The molecule has 18 heteroatoms. The van der Waals surface area contributed by atoms with Gasteiger partial charge in [-0.3, -0.25) is 38.4 Å². The summed E-state index contributed by atoms with van der Waals surface area (Å²) >= 11 is 0. The van der Waals surface area contributed by atoms with Gasteiger partial charge in [-0.15, -0.1) is 10.2 Å². The Labute approximate surface area is 261 Å². The minimum absolute atomic E-state index is 0.0539. The Kier molecular flexibility index (Phi) is 13.5.